The lowest BCUT2D eigenvalue weighted by Crippen LogP contribution is -2.47. The molecule has 0 aliphatic heterocycles. The number of unbranched alkanes of at least 4 members (excludes halogenated alkanes) is 3. The average molecular weight is 423 g/mol. The maximum absolute atomic E-state index is 11.5. The van der Waals surface area contributed by atoms with Crippen molar-refractivity contribution in [2.45, 2.75) is 78.7 Å². The molecule has 0 aromatic carbocycles. The van der Waals surface area contributed by atoms with E-state index in [4.69, 9.17) is 22.8 Å². The van der Waals surface area contributed by atoms with Gasteiger partial charge in [-0.05, 0) is 32.6 Å². The van der Waals surface area contributed by atoms with E-state index < -0.39 is 8.80 Å². The van der Waals surface area contributed by atoms with E-state index in [-0.39, 0.29) is 5.97 Å². The number of carbonyl (C=O) groups excluding carboxylic acids is 1. The van der Waals surface area contributed by atoms with Gasteiger partial charge in [0, 0.05) is 31.4 Å². The van der Waals surface area contributed by atoms with E-state index in [0.717, 1.165) is 38.5 Å². The summed E-state index contributed by atoms with van der Waals surface area (Å²) in [6, 6.07) is 0.674. The molecule has 27 heavy (non-hydrogen) atoms. The van der Waals surface area contributed by atoms with Gasteiger partial charge in [0.1, 0.15) is 10.5 Å². The van der Waals surface area contributed by atoms with E-state index in [1.165, 1.54) is 0 Å². The fraction of sp³-hybridized carbons (Fsp3) is 0.842. The highest BCUT2D eigenvalue weighted by atomic mass is 28.4. The van der Waals surface area contributed by atoms with Gasteiger partial charge in [-0.15, -0.1) is 0 Å². The quantitative estimate of drug-likeness (QED) is 0.168. The van der Waals surface area contributed by atoms with Crippen LogP contribution in [-0.2, 0) is 22.8 Å². The van der Waals surface area contributed by atoms with Crippen LogP contribution in [-0.4, -0.2) is 56.5 Å². The average Bonchev–Trinajstić information content (AvgIpc) is 2.67. The predicted octanol–water partition coefficient (Wildman–Crippen LogP) is 3.14. The lowest BCUT2D eigenvalue weighted by atomic mass is 10.4. The molecule has 0 amide bonds. The van der Waals surface area contributed by atoms with Gasteiger partial charge in [0.05, 0.1) is 6.61 Å². The Hall–Kier alpha value is -0.516. The standard InChI is InChI=1S/C19H38O5Si.H4OSi/c1-6-9-14-22-25(23-15-10-7-2,24-16-11-8-3)17-12-13-21-19(20)18(4)5;1-2/h4,6-17H2,1-3,5H3;1H,2H3. The van der Waals surface area contributed by atoms with Gasteiger partial charge in [-0.3, -0.25) is 0 Å². The Morgan fingerprint density at radius 1 is 0.852 bits per heavy atom. The predicted molar refractivity (Wildman–Crippen MR) is 116 cm³/mol. The zero-order valence-corrected chi connectivity index (χ0v) is 21.2. The van der Waals surface area contributed by atoms with Crippen LogP contribution in [0.25, 0.3) is 0 Å². The summed E-state index contributed by atoms with van der Waals surface area (Å²) in [5, 5.41) is 0. The van der Waals surface area contributed by atoms with Crippen molar-refractivity contribution < 1.29 is 27.6 Å². The summed E-state index contributed by atoms with van der Waals surface area (Å²) >= 11 is 0. The van der Waals surface area contributed by atoms with Crippen molar-refractivity contribution in [3.05, 3.63) is 12.2 Å². The largest absolute Gasteiger partial charge is 0.501 e. The Kier molecular flexibility index (Phi) is 21.5. The van der Waals surface area contributed by atoms with E-state index in [9.17, 15) is 4.79 Å². The minimum absolute atomic E-state index is 0.306. The molecular formula is C19H42O6Si2. The van der Waals surface area contributed by atoms with E-state index in [1.807, 2.05) is 0 Å². The minimum Gasteiger partial charge on any atom is -0.462 e. The third kappa shape index (κ3) is 16.2. The van der Waals surface area contributed by atoms with Crippen molar-refractivity contribution in [3.63, 3.8) is 0 Å². The molecule has 8 heteroatoms. The molecule has 1 N–H and O–H groups in total. The summed E-state index contributed by atoms with van der Waals surface area (Å²) in [5.41, 5.74) is 0.418. The second-order valence-corrected chi connectivity index (χ2v) is 9.04. The van der Waals surface area contributed by atoms with Crippen LogP contribution in [0.2, 0.25) is 6.04 Å². The van der Waals surface area contributed by atoms with Gasteiger partial charge in [0.25, 0.3) is 0 Å². The molecule has 0 atom stereocenters. The van der Waals surface area contributed by atoms with Crippen LogP contribution in [0.5, 0.6) is 0 Å². The SMILES string of the molecule is C=C(C)C(=O)OCCC[Si](OCCCC)(OCCCC)OCCCC.O[SiH3]. The van der Waals surface area contributed by atoms with E-state index in [1.54, 1.807) is 6.92 Å². The lowest BCUT2D eigenvalue weighted by Gasteiger charge is -2.30. The van der Waals surface area contributed by atoms with Crippen LogP contribution >= 0.6 is 0 Å². The zero-order valence-electron chi connectivity index (χ0n) is 18.2. The van der Waals surface area contributed by atoms with Crippen molar-refractivity contribution >= 4 is 25.3 Å². The molecule has 0 heterocycles. The molecule has 0 aliphatic carbocycles. The van der Waals surface area contributed by atoms with Crippen LogP contribution in [0, 0.1) is 0 Å². The Balaban J connectivity index is 0. The van der Waals surface area contributed by atoms with Crippen LogP contribution < -0.4 is 0 Å². The fourth-order valence-corrected chi connectivity index (χ4v) is 4.66. The molecule has 0 radical (unpaired) electrons. The van der Waals surface area contributed by atoms with Gasteiger partial charge >= 0.3 is 14.8 Å². The second kappa shape index (κ2) is 20.2. The second-order valence-electron chi connectivity index (χ2n) is 6.31. The molecule has 0 aromatic heterocycles. The number of esters is 1. The summed E-state index contributed by atoms with van der Waals surface area (Å²) in [5.74, 6) is -0.349. The first kappa shape index (κ1) is 28.7. The van der Waals surface area contributed by atoms with Gasteiger partial charge in [0.2, 0.25) is 0 Å². The number of hydrogen-bond acceptors (Lipinski definition) is 6. The normalized spacial score (nSPS) is 11.0. The molecule has 0 unspecified atom stereocenters. The Morgan fingerprint density at radius 3 is 1.59 bits per heavy atom. The highest BCUT2D eigenvalue weighted by Gasteiger charge is 2.40. The van der Waals surface area contributed by atoms with E-state index >= 15 is 0 Å². The topological polar surface area (TPSA) is 74.2 Å². The molecule has 0 saturated heterocycles. The molecule has 0 spiro atoms. The van der Waals surface area contributed by atoms with Gasteiger partial charge in [-0.1, -0.05) is 46.6 Å². The Bertz CT molecular complexity index is 340. The first-order valence-electron chi connectivity index (χ1n) is 10.2. The van der Waals surface area contributed by atoms with Gasteiger partial charge < -0.3 is 22.8 Å². The number of hydrogen-bond donors (Lipinski definition) is 1. The summed E-state index contributed by atoms with van der Waals surface area (Å²) in [6.45, 7) is 14.0. The lowest BCUT2D eigenvalue weighted by molar-refractivity contribution is -0.139. The summed E-state index contributed by atoms with van der Waals surface area (Å²) < 4.78 is 23.7. The van der Waals surface area contributed by atoms with E-state index in [0.29, 0.717) is 55.0 Å². The van der Waals surface area contributed by atoms with Crippen molar-refractivity contribution in [1.29, 1.82) is 0 Å². The molecule has 0 rings (SSSR count). The van der Waals surface area contributed by atoms with Crippen molar-refractivity contribution in [3.8, 4) is 0 Å². The monoisotopic (exact) mass is 422 g/mol. The molecule has 0 saturated carbocycles. The number of carbonyl (C=O) groups is 1. The third-order valence-corrected chi connectivity index (χ3v) is 6.57. The highest BCUT2D eigenvalue weighted by Crippen LogP contribution is 2.20. The summed E-state index contributed by atoms with van der Waals surface area (Å²) in [7, 11) is -2.41. The van der Waals surface area contributed by atoms with Crippen molar-refractivity contribution in [1.82, 2.24) is 0 Å². The third-order valence-electron chi connectivity index (χ3n) is 3.67. The summed E-state index contributed by atoms with van der Waals surface area (Å²) in [6.07, 6.45) is 6.88. The van der Waals surface area contributed by atoms with Gasteiger partial charge in [-0.2, -0.15) is 0 Å². The van der Waals surface area contributed by atoms with Gasteiger partial charge in [-0.25, -0.2) is 4.79 Å². The van der Waals surface area contributed by atoms with Crippen molar-refractivity contribution in [2.24, 2.45) is 0 Å². The molecule has 0 bridgehead atoms. The minimum atomic E-state index is -2.72. The number of ether oxygens (including phenoxy) is 1. The zero-order chi connectivity index (χ0) is 21.0. The van der Waals surface area contributed by atoms with Crippen LogP contribution in [0.4, 0.5) is 0 Å². The smallest absolute Gasteiger partial charge is 0.462 e. The molecular weight excluding hydrogens is 380 g/mol. The van der Waals surface area contributed by atoms with Gasteiger partial charge in [0.15, 0.2) is 0 Å². The molecule has 162 valence electrons. The Morgan fingerprint density at radius 2 is 1.26 bits per heavy atom. The molecule has 0 aromatic rings. The molecule has 0 aliphatic rings. The van der Waals surface area contributed by atoms with E-state index in [2.05, 4.69) is 27.4 Å². The summed E-state index contributed by atoms with van der Waals surface area (Å²) in [4.78, 5) is 18.6. The molecule has 6 nitrogen and oxygen atoms in total. The maximum Gasteiger partial charge on any atom is 0.501 e. The van der Waals surface area contributed by atoms with Crippen LogP contribution in [0.15, 0.2) is 12.2 Å². The molecule has 0 fully saturated rings. The highest BCUT2D eigenvalue weighted by molar-refractivity contribution is 6.60. The first-order chi connectivity index (χ1) is 13.0. The number of rotatable bonds is 17. The Labute approximate surface area is 170 Å². The first-order valence-corrected chi connectivity index (χ1v) is 13.0. The van der Waals surface area contributed by atoms with Crippen LogP contribution in [0.3, 0.4) is 0 Å². The fourth-order valence-electron chi connectivity index (χ4n) is 2.03. The van der Waals surface area contributed by atoms with Crippen LogP contribution in [0.1, 0.15) is 72.6 Å². The van der Waals surface area contributed by atoms with Crippen molar-refractivity contribution in [2.75, 3.05) is 26.4 Å². The maximum atomic E-state index is 11.5.